The van der Waals surface area contributed by atoms with Crippen molar-refractivity contribution >= 4 is 5.78 Å². The molecule has 0 amide bonds. The molecule has 0 saturated heterocycles. The SMILES string of the molecule is C=C/C=C(\C=C)C(=O)/C(C=C)=C/C=C. The summed E-state index contributed by atoms with van der Waals surface area (Å²) in [5.74, 6) is -0.130. The van der Waals surface area contributed by atoms with Crippen LogP contribution >= 0.6 is 0 Å². The fourth-order valence-electron chi connectivity index (χ4n) is 0.893. The van der Waals surface area contributed by atoms with Gasteiger partial charge >= 0.3 is 0 Å². The molecule has 0 fully saturated rings. The molecule has 1 heteroatoms. The van der Waals surface area contributed by atoms with Crippen molar-refractivity contribution in [2.24, 2.45) is 0 Å². The number of ketones is 1. The first-order valence-corrected chi connectivity index (χ1v) is 4.16. The normalized spacial score (nSPS) is 11.7. The van der Waals surface area contributed by atoms with E-state index in [0.717, 1.165) is 0 Å². The van der Waals surface area contributed by atoms with Crippen LogP contribution in [0.5, 0.6) is 0 Å². The van der Waals surface area contributed by atoms with Crippen LogP contribution in [0.15, 0.2) is 73.9 Å². The first-order chi connectivity index (χ1) is 6.71. The summed E-state index contributed by atoms with van der Waals surface area (Å²) in [7, 11) is 0. The summed E-state index contributed by atoms with van der Waals surface area (Å²) in [6.45, 7) is 14.1. The molecule has 0 aliphatic rings. The average Bonchev–Trinajstić information content (AvgIpc) is 2.21. The van der Waals surface area contributed by atoms with Crippen LogP contribution < -0.4 is 0 Å². The zero-order chi connectivity index (χ0) is 11.0. The zero-order valence-corrected chi connectivity index (χ0v) is 8.20. The van der Waals surface area contributed by atoms with Crippen molar-refractivity contribution in [3.8, 4) is 0 Å². The minimum Gasteiger partial charge on any atom is -0.289 e. The molecule has 0 N–H and O–H groups in total. The molecule has 0 atom stereocenters. The van der Waals surface area contributed by atoms with Gasteiger partial charge in [0.15, 0.2) is 5.78 Å². The van der Waals surface area contributed by atoms with Gasteiger partial charge in [-0.15, -0.1) is 0 Å². The van der Waals surface area contributed by atoms with Gasteiger partial charge in [-0.05, 0) is 0 Å². The van der Waals surface area contributed by atoms with Crippen molar-refractivity contribution in [1.82, 2.24) is 0 Å². The van der Waals surface area contributed by atoms with Gasteiger partial charge in [-0.3, -0.25) is 4.79 Å². The molecule has 0 aromatic heterocycles. The Labute approximate surface area is 85.1 Å². The molecular formula is C13H14O. The Hall–Kier alpha value is -1.89. The van der Waals surface area contributed by atoms with Crippen LogP contribution in [-0.4, -0.2) is 5.78 Å². The highest BCUT2D eigenvalue weighted by molar-refractivity contribution is 6.12. The predicted molar refractivity (Wildman–Crippen MR) is 62.0 cm³/mol. The Bertz CT molecular complexity index is 295. The highest BCUT2D eigenvalue weighted by Crippen LogP contribution is 2.08. The lowest BCUT2D eigenvalue weighted by atomic mass is 10.0. The third kappa shape index (κ3) is 3.23. The van der Waals surface area contributed by atoms with Gasteiger partial charge in [0.25, 0.3) is 0 Å². The standard InChI is InChI=1S/C13H14O/c1-5-9-11(7-3)13(14)12(8-4)10-6-2/h5-10H,1-4H2/b11-9+,12-10+. The van der Waals surface area contributed by atoms with Gasteiger partial charge in [0, 0.05) is 11.1 Å². The smallest absolute Gasteiger partial charge is 0.192 e. The van der Waals surface area contributed by atoms with Crippen LogP contribution in [-0.2, 0) is 4.79 Å². The Morgan fingerprint density at radius 1 is 0.786 bits per heavy atom. The fourth-order valence-corrected chi connectivity index (χ4v) is 0.893. The summed E-state index contributed by atoms with van der Waals surface area (Å²) in [5, 5.41) is 0. The number of allylic oxidation sites excluding steroid dienone is 8. The third-order valence-electron chi connectivity index (χ3n) is 1.56. The maximum atomic E-state index is 11.7. The minimum absolute atomic E-state index is 0.130. The number of hydrogen-bond donors (Lipinski definition) is 0. The van der Waals surface area contributed by atoms with Gasteiger partial charge < -0.3 is 0 Å². The van der Waals surface area contributed by atoms with E-state index < -0.39 is 0 Å². The molecule has 72 valence electrons. The Morgan fingerprint density at radius 2 is 1.14 bits per heavy atom. The highest BCUT2D eigenvalue weighted by Gasteiger charge is 2.07. The molecule has 0 rings (SSSR count). The Balaban J connectivity index is 5.08. The molecule has 0 radical (unpaired) electrons. The summed E-state index contributed by atoms with van der Waals surface area (Å²) in [5.41, 5.74) is 0.987. The number of carbonyl (C=O) groups excluding carboxylic acids is 1. The van der Waals surface area contributed by atoms with Gasteiger partial charge in [0.05, 0.1) is 0 Å². The first kappa shape index (κ1) is 12.1. The van der Waals surface area contributed by atoms with E-state index in [-0.39, 0.29) is 5.78 Å². The number of rotatable bonds is 6. The molecule has 0 spiro atoms. The summed E-state index contributed by atoms with van der Waals surface area (Å²) in [6.07, 6.45) is 9.29. The van der Waals surface area contributed by atoms with Gasteiger partial charge in [-0.2, -0.15) is 0 Å². The molecule has 0 aliphatic heterocycles. The van der Waals surface area contributed by atoms with Crippen LogP contribution in [0.1, 0.15) is 0 Å². The lowest BCUT2D eigenvalue weighted by molar-refractivity contribution is -0.111. The minimum atomic E-state index is -0.130. The van der Waals surface area contributed by atoms with Crippen molar-refractivity contribution in [2.45, 2.75) is 0 Å². The number of Topliss-reactive ketones (excluding diaryl/α,β-unsaturated/α-hetero) is 1. The van der Waals surface area contributed by atoms with E-state index in [9.17, 15) is 4.79 Å². The molecular weight excluding hydrogens is 172 g/mol. The fraction of sp³-hybridized carbons (Fsp3) is 0. The maximum Gasteiger partial charge on any atom is 0.192 e. The summed E-state index contributed by atoms with van der Waals surface area (Å²) in [6, 6.07) is 0. The predicted octanol–water partition coefficient (Wildman–Crippen LogP) is 3.15. The second-order valence-corrected chi connectivity index (χ2v) is 2.45. The van der Waals surface area contributed by atoms with E-state index in [4.69, 9.17) is 0 Å². The molecule has 0 heterocycles. The van der Waals surface area contributed by atoms with E-state index in [0.29, 0.717) is 11.1 Å². The summed E-state index contributed by atoms with van der Waals surface area (Å²) >= 11 is 0. The van der Waals surface area contributed by atoms with E-state index in [1.54, 1.807) is 24.3 Å². The van der Waals surface area contributed by atoms with Crippen molar-refractivity contribution in [2.75, 3.05) is 0 Å². The highest BCUT2D eigenvalue weighted by atomic mass is 16.1. The van der Waals surface area contributed by atoms with Crippen LogP contribution in [0.4, 0.5) is 0 Å². The molecule has 0 bridgehead atoms. The Kier molecular flexibility index (Phi) is 5.72. The quantitative estimate of drug-likeness (QED) is 0.460. The number of hydrogen-bond acceptors (Lipinski definition) is 1. The lowest BCUT2D eigenvalue weighted by Gasteiger charge is -2.00. The maximum absolute atomic E-state index is 11.7. The van der Waals surface area contributed by atoms with Gasteiger partial charge in [-0.1, -0.05) is 62.8 Å². The van der Waals surface area contributed by atoms with Crippen LogP contribution in [0.25, 0.3) is 0 Å². The van der Waals surface area contributed by atoms with Crippen molar-refractivity contribution in [3.63, 3.8) is 0 Å². The van der Waals surface area contributed by atoms with Crippen molar-refractivity contribution < 1.29 is 4.79 Å². The van der Waals surface area contributed by atoms with Gasteiger partial charge in [0.2, 0.25) is 0 Å². The third-order valence-corrected chi connectivity index (χ3v) is 1.56. The van der Waals surface area contributed by atoms with E-state index >= 15 is 0 Å². The molecule has 0 unspecified atom stereocenters. The lowest BCUT2D eigenvalue weighted by Crippen LogP contribution is -2.02. The Morgan fingerprint density at radius 3 is 1.36 bits per heavy atom. The molecule has 14 heavy (non-hydrogen) atoms. The van der Waals surface area contributed by atoms with Crippen LogP contribution in [0.3, 0.4) is 0 Å². The molecule has 0 aromatic rings. The zero-order valence-electron chi connectivity index (χ0n) is 8.20. The van der Waals surface area contributed by atoms with E-state index in [2.05, 4.69) is 26.3 Å². The van der Waals surface area contributed by atoms with Crippen LogP contribution in [0, 0.1) is 0 Å². The topological polar surface area (TPSA) is 17.1 Å². The van der Waals surface area contributed by atoms with Gasteiger partial charge in [0.1, 0.15) is 0 Å². The van der Waals surface area contributed by atoms with Crippen LogP contribution in [0.2, 0.25) is 0 Å². The van der Waals surface area contributed by atoms with E-state index in [1.165, 1.54) is 12.2 Å². The monoisotopic (exact) mass is 186 g/mol. The molecule has 1 nitrogen and oxygen atoms in total. The van der Waals surface area contributed by atoms with Crippen molar-refractivity contribution in [3.05, 3.63) is 73.9 Å². The molecule has 0 aromatic carbocycles. The van der Waals surface area contributed by atoms with Gasteiger partial charge in [-0.25, -0.2) is 0 Å². The summed E-state index contributed by atoms with van der Waals surface area (Å²) in [4.78, 5) is 11.7. The molecule has 0 aliphatic carbocycles. The first-order valence-electron chi connectivity index (χ1n) is 4.16. The molecule has 0 saturated carbocycles. The number of carbonyl (C=O) groups is 1. The largest absolute Gasteiger partial charge is 0.289 e. The van der Waals surface area contributed by atoms with Crippen molar-refractivity contribution in [1.29, 1.82) is 0 Å². The average molecular weight is 186 g/mol. The second kappa shape index (κ2) is 6.61. The second-order valence-electron chi connectivity index (χ2n) is 2.45. The summed E-state index contributed by atoms with van der Waals surface area (Å²) < 4.78 is 0. The van der Waals surface area contributed by atoms with E-state index in [1.807, 2.05) is 0 Å².